The molecular weight excluding hydrogens is 292 g/mol. The van der Waals surface area contributed by atoms with Gasteiger partial charge >= 0.3 is 0 Å². The Morgan fingerprint density at radius 2 is 2.26 bits per heavy atom. The Labute approximate surface area is 136 Å². The highest BCUT2D eigenvalue weighted by Crippen LogP contribution is 2.20. The Hall–Kier alpha value is -2.39. The van der Waals surface area contributed by atoms with E-state index in [2.05, 4.69) is 10.2 Å². The van der Waals surface area contributed by atoms with E-state index < -0.39 is 0 Å². The Morgan fingerprint density at radius 1 is 1.48 bits per heavy atom. The Balaban J connectivity index is 1.88. The summed E-state index contributed by atoms with van der Waals surface area (Å²) < 4.78 is 0. The molecule has 1 aliphatic heterocycles. The first-order valence-corrected chi connectivity index (χ1v) is 7.73. The minimum absolute atomic E-state index is 0.0367. The Morgan fingerprint density at radius 3 is 2.96 bits per heavy atom. The number of anilines is 1. The summed E-state index contributed by atoms with van der Waals surface area (Å²) in [5.41, 5.74) is 1.09. The first kappa shape index (κ1) is 17.0. The lowest BCUT2D eigenvalue weighted by Crippen LogP contribution is -2.30. The number of nitriles is 1. The van der Waals surface area contributed by atoms with Gasteiger partial charge in [-0.15, -0.1) is 0 Å². The first-order chi connectivity index (χ1) is 11.0. The Bertz CT molecular complexity index is 621. The molecular formula is C17H22N4O2. The number of hydrogen-bond donors (Lipinski definition) is 1. The summed E-state index contributed by atoms with van der Waals surface area (Å²) in [5.74, 6) is -0.453. The minimum atomic E-state index is -0.326. The van der Waals surface area contributed by atoms with Crippen LogP contribution in [-0.2, 0) is 9.59 Å². The molecule has 1 saturated heterocycles. The van der Waals surface area contributed by atoms with Crippen LogP contribution >= 0.6 is 0 Å². The third kappa shape index (κ3) is 4.80. The van der Waals surface area contributed by atoms with Crippen LogP contribution in [0.15, 0.2) is 24.3 Å². The summed E-state index contributed by atoms with van der Waals surface area (Å²) >= 11 is 0. The van der Waals surface area contributed by atoms with E-state index in [0.717, 1.165) is 13.0 Å². The molecule has 2 amide bonds. The standard InChI is InChI=1S/C17H22N4O2/c1-20(2)7-4-8-21-12-14(10-16(21)22)17(23)19-15-6-3-5-13(9-15)11-18/h3,5-6,9,14H,4,7-8,10,12H2,1-2H3,(H,19,23). The van der Waals surface area contributed by atoms with Crippen molar-refractivity contribution in [3.8, 4) is 6.07 Å². The van der Waals surface area contributed by atoms with Gasteiger partial charge in [-0.2, -0.15) is 5.26 Å². The summed E-state index contributed by atoms with van der Waals surface area (Å²) in [6.45, 7) is 2.07. The largest absolute Gasteiger partial charge is 0.342 e. The molecule has 0 spiro atoms. The fourth-order valence-corrected chi connectivity index (χ4v) is 2.65. The average Bonchev–Trinajstić information content (AvgIpc) is 2.88. The van der Waals surface area contributed by atoms with Crippen molar-refractivity contribution in [3.63, 3.8) is 0 Å². The van der Waals surface area contributed by atoms with Crippen LogP contribution in [0.3, 0.4) is 0 Å². The van der Waals surface area contributed by atoms with Gasteiger partial charge in [-0.05, 0) is 45.3 Å². The molecule has 0 aromatic heterocycles. The molecule has 23 heavy (non-hydrogen) atoms. The van der Waals surface area contributed by atoms with Crippen molar-refractivity contribution in [2.45, 2.75) is 12.8 Å². The maximum Gasteiger partial charge on any atom is 0.229 e. The molecule has 1 aromatic rings. The van der Waals surface area contributed by atoms with Crippen molar-refractivity contribution < 1.29 is 9.59 Å². The van der Waals surface area contributed by atoms with Crippen molar-refractivity contribution in [2.24, 2.45) is 5.92 Å². The molecule has 1 heterocycles. The number of benzene rings is 1. The van der Waals surface area contributed by atoms with Crippen LogP contribution in [-0.4, -0.2) is 55.3 Å². The van der Waals surface area contributed by atoms with Gasteiger partial charge in [0.2, 0.25) is 11.8 Å². The number of rotatable bonds is 6. The van der Waals surface area contributed by atoms with Crippen molar-refractivity contribution in [1.82, 2.24) is 9.80 Å². The van der Waals surface area contributed by atoms with E-state index in [0.29, 0.717) is 24.3 Å². The van der Waals surface area contributed by atoms with E-state index >= 15 is 0 Å². The highest BCUT2D eigenvalue weighted by atomic mass is 16.2. The van der Waals surface area contributed by atoms with Crippen LogP contribution in [0, 0.1) is 17.2 Å². The van der Waals surface area contributed by atoms with Crippen molar-refractivity contribution in [2.75, 3.05) is 39.0 Å². The smallest absolute Gasteiger partial charge is 0.229 e. The summed E-state index contributed by atoms with van der Waals surface area (Å²) in [5, 5.41) is 11.7. The number of nitrogens with one attached hydrogen (secondary N) is 1. The van der Waals surface area contributed by atoms with Crippen LogP contribution in [0.5, 0.6) is 0 Å². The molecule has 1 unspecified atom stereocenters. The van der Waals surface area contributed by atoms with E-state index in [1.807, 2.05) is 20.2 Å². The minimum Gasteiger partial charge on any atom is -0.342 e. The van der Waals surface area contributed by atoms with Gasteiger partial charge in [-0.1, -0.05) is 6.07 Å². The number of carbonyl (C=O) groups excluding carboxylic acids is 2. The van der Waals surface area contributed by atoms with E-state index in [-0.39, 0.29) is 24.2 Å². The van der Waals surface area contributed by atoms with Crippen molar-refractivity contribution in [1.29, 1.82) is 5.26 Å². The zero-order valence-electron chi connectivity index (χ0n) is 13.6. The van der Waals surface area contributed by atoms with Crippen LogP contribution in [0.2, 0.25) is 0 Å². The Kier molecular flexibility index (Phi) is 5.72. The second kappa shape index (κ2) is 7.75. The highest BCUT2D eigenvalue weighted by Gasteiger charge is 2.33. The third-order valence-electron chi connectivity index (χ3n) is 3.88. The summed E-state index contributed by atoms with van der Waals surface area (Å²) in [7, 11) is 3.99. The van der Waals surface area contributed by atoms with Crippen LogP contribution in [0.1, 0.15) is 18.4 Å². The van der Waals surface area contributed by atoms with Gasteiger partial charge in [0, 0.05) is 25.2 Å². The summed E-state index contributed by atoms with van der Waals surface area (Å²) in [6, 6.07) is 8.81. The van der Waals surface area contributed by atoms with Crippen molar-refractivity contribution in [3.05, 3.63) is 29.8 Å². The van der Waals surface area contributed by atoms with Gasteiger partial charge in [-0.3, -0.25) is 9.59 Å². The SMILES string of the molecule is CN(C)CCCN1CC(C(=O)Nc2cccc(C#N)c2)CC1=O. The van der Waals surface area contributed by atoms with Gasteiger partial charge in [0.25, 0.3) is 0 Å². The van der Waals surface area contributed by atoms with E-state index in [9.17, 15) is 9.59 Å². The number of amides is 2. The maximum absolute atomic E-state index is 12.3. The fraction of sp³-hybridized carbons (Fsp3) is 0.471. The molecule has 0 bridgehead atoms. The average molecular weight is 314 g/mol. The number of likely N-dealkylation sites (tertiary alicyclic amines) is 1. The zero-order chi connectivity index (χ0) is 16.8. The fourth-order valence-electron chi connectivity index (χ4n) is 2.65. The lowest BCUT2D eigenvalue weighted by Gasteiger charge is -2.18. The van der Waals surface area contributed by atoms with Gasteiger partial charge in [0.05, 0.1) is 17.6 Å². The van der Waals surface area contributed by atoms with Gasteiger partial charge in [0.1, 0.15) is 0 Å². The predicted octanol–water partition coefficient (Wildman–Crippen LogP) is 1.30. The second-order valence-electron chi connectivity index (χ2n) is 6.08. The van der Waals surface area contributed by atoms with E-state index in [4.69, 9.17) is 5.26 Å². The molecule has 2 rings (SSSR count). The highest BCUT2D eigenvalue weighted by molar-refractivity contribution is 5.97. The topological polar surface area (TPSA) is 76.4 Å². The number of nitrogens with zero attached hydrogens (tertiary/aromatic N) is 3. The molecule has 0 radical (unpaired) electrons. The van der Waals surface area contributed by atoms with Gasteiger partial charge in [0.15, 0.2) is 0 Å². The summed E-state index contributed by atoms with van der Waals surface area (Å²) in [6.07, 6.45) is 1.16. The number of carbonyl (C=O) groups is 2. The number of hydrogen-bond acceptors (Lipinski definition) is 4. The molecule has 0 saturated carbocycles. The molecule has 1 fully saturated rings. The van der Waals surface area contributed by atoms with Crippen molar-refractivity contribution >= 4 is 17.5 Å². The van der Waals surface area contributed by atoms with E-state index in [1.165, 1.54) is 0 Å². The first-order valence-electron chi connectivity index (χ1n) is 7.73. The normalized spacial score (nSPS) is 17.4. The monoisotopic (exact) mass is 314 g/mol. The maximum atomic E-state index is 12.3. The van der Waals surface area contributed by atoms with Crippen LogP contribution in [0.4, 0.5) is 5.69 Å². The molecule has 0 aliphatic carbocycles. The second-order valence-corrected chi connectivity index (χ2v) is 6.08. The third-order valence-corrected chi connectivity index (χ3v) is 3.88. The molecule has 1 N–H and O–H groups in total. The van der Waals surface area contributed by atoms with Gasteiger partial charge in [-0.25, -0.2) is 0 Å². The molecule has 1 atom stereocenters. The molecule has 6 nitrogen and oxygen atoms in total. The zero-order valence-corrected chi connectivity index (χ0v) is 13.6. The van der Waals surface area contributed by atoms with Gasteiger partial charge < -0.3 is 15.1 Å². The van der Waals surface area contributed by atoms with Crippen LogP contribution < -0.4 is 5.32 Å². The molecule has 1 aromatic carbocycles. The predicted molar refractivity (Wildman–Crippen MR) is 87.6 cm³/mol. The molecule has 1 aliphatic rings. The lowest BCUT2D eigenvalue weighted by atomic mass is 10.1. The lowest BCUT2D eigenvalue weighted by molar-refractivity contribution is -0.128. The molecule has 6 heteroatoms. The van der Waals surface area contributed by atoms with Crippen LogP contribution in [0.25, 0.3) is 0 Å². The quantitative estimate of drug-likeness (QED) is 0.858. The summed E-state index contributed by atoms with van der Waals surface area (Å²) in [4.78, 5) is 28.2. The van der Waals surface area contributed by atoms with E-state index in [1.54, 1.807) is 29.2 Å². The molecule has 122 valence electrons.